The van der Waals surface area contributed by atoms with Crippen LogP contribution in [0.5, 0.6) is 0 Å². The molecule has 0 aromatic rings. The monoisotopic (exact) mass is 190 g/mol. The predicted molar refractivity (Wildman–Crippen MR) is 35.0 cm³/mol. The van der Waals surface area contributed by atoms with E-state index in [1.165, 1.54) is 0 Å². The zero-order valence-electron chi connectivity index (χ0n) is 5.20. The van der Waals surface area contributed by atoms with E-state index in [-0.39, 0.29) is 34.9 Å². The van der Waals surface area contributed by atoms with Gasteiger partial charge in [0.1, 0.15) is 6.34 Å². The van der Waals surface area contributed by atoms with Crippen LogP contribution in [0.1, 0.15) is 0 Å². The van der Waals surface area contributed by atoms with E-state index in [9.17, 15) is 0 Å². The van der Waals surface area contributed by atoms with Crippen molar-refractivity contribution in [1.82, 2.24) is 5.06 Å². The van der Waals surface area contributed by atoms with E-state index < -0.39 is 5.62 Å². The minimum Gasteiger partial charge on any atom is -0.280 e. The molecule has 0 saturated carbocycles. The number of hydroxylamine groups is 2. The van der Waals surface area contributed by atoms with Crippen molar-refractivity contribution in [2.45, 2.75) is 5.62 Å². The van der Waals surface area contributed by atoms with Crippen molar-refractivity contribution in [2.24, 2.45) is 9.98 Å². The van der Waals surface area contributed by atoms with Crippen molar-refractivity contribution in [3.05, 3.63) is 0 Å². The van der Waals surface area contributed by atoms with Crippen LogP contribution < -0.4 is 29.6 Å². The van der Waals surface area contributed by atoms with Crippen LogP contribution in [-0.2, 0) is 0 Å². The second kappa shape index (κ2) is 4.54. The van der Waals surface area contributed by atoms with Gasteiger partial charge in [-0.25, -0.2) is 9.98 Å². The second-order valence-electron chi connectivity index (χ2n) is 1.32. The van der Waals surface area contributed by atoms with E-state index in [0.29, 0.717) is 5.06 Å². The number of amidine groups is 1. The first-order valence-electron chi connectivity index (χ1n) is 2.09. The Labute approximate surface area is 89.8 Å². The molecule has 0 amide bonds. The summed E-state index contributed by atoms with van der Waals surface area (Å²) < 4.78 is 0. The molecule has 0 bridgehead atoms. The first-order chi connectivity index (χ1) is 4.20. The molecule has 1 unspecified atom stereocenters. The van der Waals surface area contributed by atoms with E-state index in [0.717, 1.165) is 6.34 Å². The molecule has 1 N–H and O–H groups in total. The van der Waals surface area contributed by atoms with Gasteiger partial charge in [-0.15, -0.1) is 0 Å². The normalized spacial score (nSPS) is 23.7. The zero-order chi connectivity index (χ0) is 6.85. The van der Waals surface area contributed by atoms with Crippen molar-refractivity contribution in [1.29, 1.82) is 0 Å². The number of hydrogen-bond donors (Lipinski definition) is 1. The molecule has 10 heavy (non-hydrogen) atoms. The van der Waals surface area contributed by atoms with Crippen LogP contribution in [0.4, 0.5) is 0 Å². The zero-order valence-corrected chi connectivity index (χ0v) is 8.71. The number of aliphatic imine (C=N–C) groups is 2. The molecule has 0 saturated heterocycles. The number of rotatable bonds is 0. The molecule has 0 fully saturated rings. The Morgan fingerprint density at radius 3 is 2.70 bits per heavy atom. The largest absolute Gasteiger partial charge is 1.00 e. The summed E-state index contributed by atoms with van der Waals surface area (Å²) in [6.45, 7) is 0. The Balaban J connectivity index is 0.000000810. The number of nitrogens with zero attached hydrogens (tertiary/aromatic N) is 3. The van der Waals surface area contributed by atoms with Gasteiger partial charge in [-0.1, -0.05) is 11.6 Å². The molecule has 1 heterocycles. The molecule has 1 rings (SSSR count). The Morgan fingerprint density at radius 2 is 2.30 bits per heavy atom. The molecule has 50 valence electrons. The minimum absolute atomic E-state index is 0. The summed E-state index contributed by atoms with van der Waals surface area (Å²) in [6.07, 6.45) is 1.09. The molecule has 0 aliphatic carbocycles. The van der Waals surface area contributed by atoms with Gasteiger partial charge in [0, 0.05) is 0 Å². The number of alkyl halides is 1. The molecule has 4 nitrogen and oxygen atoms in total. The molecule has 0 aromatic heterocycles. The van der Waals surface area contributed by atoms with Crippen LogP contribution in [0.15, 0.2) is 9.98 Å². The molecular weight excluding hydrogens is 188 g/mol. The number of halogens is 2. The summed E-state index contributed by atoms with van der Waals surface area (Å²) in [5.41, 5.74) is -0.708. The Bertz CT molecular complexity index is 173. The minimum atomic E-state index is -0.708. The van der Waals surface area contributed by atoms with Gasteiger partial charge in [-0.3, -0.25) is 5.21 Å². The van der Waals surface area contributed by atoms with Crippen LogP contribution in [-0.4, -0.2) is 27.5 Å². The van der Waals surface area contributed by atoms with Crippen molar-refractivity contribution < 1.29 is 34.8 Å². The third-order valence-corrected chi connectivity index (χ3v) is 1.18. The van der Waals surface area contributed by atoms with Crippen LogP contribution >= 0.6 is 23.2 Å². The third kappa shape index (κ3) is 2.74. The predicted octanol–water partition coefficient (Wildman–Crippen LogP) is -2.16. The van der Waals surface area contributed by atoms with Crippen molar-refractivity contribution in [3.8, 4) is 0 Å². The second-order valence-corrected chi connectivity index (χ2v) is 2.05. The summed E-state index contributed by atoms with van der Waals surface area (Å²) in [6, 6.07) is 0. The molecule has 1 atom stereocenters. The molecule has 0 radical (unpaired) electrons. The topological polar surface area (TPSA) is 48.2 Å². The van der Waals surface area contributed by atoms with Gasteiger partial charge in [0.2, 0.25) is 10.9 Å². The van der Waals surface area contributed by atoms with E-state index in [2.05, 4.69) is 9.98 Å². The summed E-state index contributed by atoms with van der Waals surface area (Å²) in [5.74, 6) is 0. The summed E-state index contributed by atoms with van der Waals surface area (Å²) in [4.78, 5) is 6.99. The van der Waals surface area contributed by atoms with E-state index >= 15 is 0 Å². The van der Waals surface area contributed by atoms with Gasteiger partial charge in [0.05, 0.1) is 0 Å². The molecule has 1 aliphatic rings. The maximum absolute atomic E-state index is 8.66. The Hall–Kier alpha value is 0.680. The van der Waals surface area contributed by atoms with Crippen LogP contribution in [0, 0.1) is 0 Å². The van der Waals surface area contributed by atoms with Crippen LogP contribution in [0.25, 0.3) is 0 Å². The average molecular weight is 191 g/mol. The van der Waals surface area contributed by atoms with E-state index in [1.807, 2.05) is 0 Å². The van der Waals surface area contributed by atoms with Crippen LogP contribution in [0.2, 0.25) is 0 Å². The first kappa shape index (κ1) is 10.7. The van der Waals surface area contributed by atoms with E-state index in [1.54, 1.807) is 0 Å². The summed E-state index contributed by atoms with van der Waals surface area (Å²) in [7, 11) is 0. The smallest absolute Gasteiger partial charge is 0.280 e. The maximum Gasteiger partial charge on any atom is 1.00 e. The molecule has 7 heteroatoms. The van der Waals surface area contributed by atoms with Crippen LogP contribution in [0.3, 0.4) is 0 Å². The third-order valence-electron chi connectivity index (χ3n) is 0.701. The summed E-state index contributed by atoms with van der Waals surface area (Å²) >= 11 is 10.7. The van der Waals surface area contributed by atoms with Crippen molar-refractivity contribution in [2.75, 3.05) is 0 Å². The fourth-order valence-corrected chi connectivity index (χ4v) is 0.675. The maximum atomic E-state index is 8.66. The first-order valence-corrected chi connectivity index (χ1v) is 2.90. The fourth-order valence-electron chi connectivity index (χ4n) is 0.346. The fraction of sp³-hybridized carbons (Fsp3) is 0.333. The van der Waals surface area contributed by atoms with Gasteiger partial charge in [0.15, 0.2) is 0 Å². The molecular formula is C3H3Cl2N3NaO+. The molecule has 0 aromatic carbocycles. The van der Waals surface area contributed by atoms with Crippen molar-refractivity contribution >= 4 is 34.8 Å². The Kier molecular flexibility index (Phi) is 4.84. The van der Waals surface area contributed by atoms with Gasteiger partial charge >= 0.3 is 29.6 Å². The average Bonchev–Trinajstić information content (AvgIpc) is 1.80. The van der Waals surface area contributed by atoms with E-state index in [4.69, 9.17) is 28.4 Å². The quantitative estimate of drug-likeness (QED) is 0.269. The number of hydrogen-bond acceptors (Lipinski definition) is 4. The SMILES string of the molecule is ON1C=NC(Cl)N=C1Cl.[Na+]. The Morgan fingerprint density at radius 1 is 1.70 bits per heavy atom. The standard InChI is InChI=1S/C3H3Cl2N3O.Na/c4-2-6-1-8(9)3(5)7-2;/h1-2,9H;/q;+1. The van der Waals surface area contributed by atoms with Gasteiger partial charge in [0.25, 0.3) is 0 Å². The van der Waals surface area contributed by atoms with Gasteiger partial charge < -0.3 is 0 Å². The van der Waals surface area contributed by atoms with Gasteiger partial charge in [-0.2, -0.15) is 5.06 Å². The van der Waals surface area contributed by atoms with Gasteiger partial charge in [-0.05, 0) is 11.6 Å². The summed E-state index contributed by atoms with van der Waals surface area (Å²) in [5, 5.41) is 9.16. The molecule has 0 spiro atoms. The van der Waals surface area contributed by atoms with Crippen molar-refractivity contribution in [3.63, 3.8) is 0 Å². The molecule has 1 aliphatic heterocycles.